The summed E-state index contributed by atoms with van der Waals surface area (Å²) in [5, 5.41) is 3.05. The number of hydrogen-bond acceptors (Lipinski definition) is 3. The normalized spacial score (nSPS) is 19.5. The van der Waals surface area contributed by atoms with Gasteiger partial charge in [-0.05, 0) is 32.9 Å². The average Bonchev–Trinajstić information content (AvgIpc) is 2.37. The molecule has 0 unspecified atom stereocenters. The number of nitrogens with zero attached hydrogens (tertiary/aromatic N) is 1. The SMILES string of the molecule is CC(C)(C)OC(=O)N1CCNC[C@@H]1c1c(F)cccc1F. The number of amides is 1. The lowest BCUT2D eigenvalue weighted by Gasteiger charge is -2.37. The van der Waals surface area contributed by atoms with Gasteiger partial charge in [0.15, 0.2) is 0 Å². The van der Waals surface area contributed by atoms with E-state index in [1.54, 1.807) is 20.8 Å². The van der Waals surface area contributed by atoms with Crippen LogP contribution < -0.4 is 5.32 Å². The first-order valence-electron chi connectivity index (χ1n) is 6.94. The van der Waals surface area contributed by atoms with E-state index in [9.17, 15) is 13.6 Å². The highest BCUT2D eigenvalue weighted by Crippen LogP contribution is 2.28. The molecule has 0 aromatic heterocycles. The van der Waals surface area contributed by atoms with E-state index in [2.05, 4.69) is 5.32 Å². The fourth-order valence-corrected chi connectivity index (χ4v) is 2.33. The molecule has 0 spiro atoms. The van der Waals surface area contributed by atoms with Crippen LogP contribution in [0.4, 0.5) is 13.6 Å². The second-order valence-corrected chi connectivity index (χ2v) is 6.03. The maximum absolute atomic E-state index is 14.0. The molecule has 4 nitrogen and oxygen atoms in total. The summed E-state index contributed by atoms with van der Waals surface area (Å²) < 4.78 is 33.2. The van der Waals surface area contributed by atoms with Crippen molar-refractivity contribution >= 4 is 6.09 Å². The standard InChI is InChI=1S/C15H20F2N2O2/c1-15(2,3)21-14(20)19-8-7-18-9-12(19)13-10(16)5-4-6-11(13)17/h4-6,12,18H,7-9H2,1-3H3/t12-/m1/s1. The van der Waals surface area contributed by atoms with E-state index in [4.69, 9.17) is 4.74 Å². The monoisotopic (exact) mass is 298 g/mol. The van der Waals surface area contributed by atoms with Crippen molar-refractivity contribution in [3.63, 3.8) is 0 Å². The molecular formula is C15H20F2N2O2. The fraction of sp³-hybridized carbons (Fsp3) is 0.533. The Hall–Kier alpha value is -1.69. The van der Waals surface area contributed by atoms with Gasteiger partial charge in [-0.1, -0.05) is 6.07 Å². The number of piperazine rings is 1. The van der Waals surface area contributed by atoms with Crippen molar-refractivity contribution in [2.75, 3.05) is 19.6 Å². The molecular weight excluding hydrogens is 278 g/mol. The van der Waals surface area contributed by atoms with Gasteiger partial charge in [0.2, 0.25) is 0 Å². The molecule has 1 heterocycles. The molecule has 21 heavy (non-hydrogen) atoms. The summed E-state index contributed by atoms with van der Waals surface area (Å²) in [6.45, 7) is 6.46. The number of carbonyl (C=O) groups is 1. The van der Waals surface area contributed by atoms with Crippen LogP contribution in [0.15, 0.2) is 18.2 Å². The van der Waals surface area contributed by atoms with Crippen molar-refractivity contribution in [1.29, 1.82) is 0 Å². The van der Waals surface area contributed by atoms with Crippen LogP contribution in [-0.4, -0.2) is 36.2 Å². The molecule has 1 fully saturated rings. The largest absolute Gasteiger partial charge is 0.444 e. The summed E-state index contributed by atoms with van der Waals surface area (Å²) in [6.07, 6.45) is -0.559. The Labute approximate surface area is 123 Å². The molecule has 1 aliphatic rings. The van der Waals surface area contributed by atoms with Crippen LogP contribution >= 0.6 is 0 Å². The van der Waals surface area contributed by atoms with Crippen LogP contribution in [0.5, 0.6) is 0 Å². The van der Waals surface area contributed by atoms with Crippen molar-refractivity contribution in [2.24, 2.45) is 0 Å². The third-order valence-electron chi connectivity index (χ3n) is 3.20. The zero-order chi connectivity index (χ0) is 15.6. The predicted molar refractivity (Wildman–Crippen MR) is 74.9 cm³/mol. The Kier molecular flexibility index (Phi) is 4.46. The van der Waals surface area contributed by atoms with E-state index in [0.717, 1.165) is 0 Å². The number of rotatable bonds is 1. The second-order valence-electron chi connectivity index (χ2n) is 6.03. The molecule has 6 heteroatoms. The molecule has 116 valence electrons. The van der Waals surface area contributed by atoms with E-state index in [1.165, 1.54) is 23.1 Å². The van der Waals surface area contributed by atoms with Gasteiger partial charge in [0.1, 0.15) is 17.2 Å². The maximum atomic E-state index is 14.0. The molecule has 2 rings (SSSR count). The number of halogens is 2. The van der Waals surface area contributed by atoms with E-state index >= 15 is 0 Å². The summed E-state index contributed by atoms with van der Waals surface area (Å²) in [6, 6.07) is 2.98. The number of nitrogens with one attached hydrogen (secondary N) is 1. The molecule has 0 bridgehead atoms. The highest BCUT2D eigenvalue weighted by Gasteiger charge is 2.34. The smallest absolute Gasteiger partial charge is 0.410 e. The van der Waals surface area contributed by atoms with E-state index in [1.807, 2.05) is 0 Å². The fourth-order valence-electron chi connectivity index (χ4n) is 2.33. The van der Waals surface area contributed by atoms with Crippen LogP contribution in [0.25, 0.3) is 0 Å². The minimum Gasteiger partial charge on any atom is -0.444 e. The molecule has 1 aliphatic heterocycles. The quantitative estimate of drug-likeness (QED) is 0.867. The lowest BCUT2D eigenvalue weighted by Crippen LogP contribution is -2.50. The summed E-state index contributed by atoms with van der Waals surface area (Å²) in [5.74, 6) is -1.31. The van der Waals surface area contributed by atoms with Crippen molar-refractivity contribution < 1.29 is 18.3 Å². The molecule has 1 atom stereocenters. The molecule has 1 aromatic carbocycles. The van der Waals surface area contributed by atoms with Gasteiger partial charge >= 0.3 is 6.09 Å². The summed E-state index contributed by atoms with van der Waals surface area (Å²) in [5.41, 5.74) is -0.754. The maximum Gasteiger partial charge on any atom is 0.410 e. The number of carbonyl (C=O) groups excluding carboxylic acids is 1. The highest BCUT2D eigenvalue weighted by molar-refractivity contribution is 5.69. The Morgan fingerprint density at radius 3 is 2.52 bits per heavy atom. The summed E-state index contributed by atoms with van der Waals surface area (Å²) in [4.78, 5) is 13.6. The molecule has 1 aromatic rings. The first kappa shape index (κ1) is 15.7. The van der Waals surface area contributed by atoms with E-state index < -0.39 is 29.4 Å². The Morgan fingerprint density at radius 2 is 1.95 bits per heavy atom. The van der Waals surface area contributed by atoms with Gasteiger partial charge in [-0.15, -0.1) is 0 Å². The minimum atomic E-state index is -0.713. The van der Waals surface area contributed by atoms with Crippen molar-refractivity contribution in [3.05, 3.63) is 35.4 Å². The lowest BCUT2D eigenvalue weighted by atomic mass is 10.0. The van der Waals surface area contributed by atoms with Crippen LogP contribution in [0, 0.1) is 11.6 Å². The van der Waals surface area contributed by atoms with Gasteiger partial charge in [0.25, 0.3) is 0 Å². The summed E-state index contributed by atoms with van der Waals surface area (Å²) >= 11 is 0. The number of ether oxygens (including phenoxy) is 1. The van der Waals surface area contributed by atoms with Gasteiger partial charge in [0.05, 0.1) is 6.04 Å². The molecule has 0 saturated carbocycles. The Morgan fingerprint density at radius 1 is 1.33 bits per heavy atom. The summed E-state index contributed by atoms with van der Waals surface area (Å²) in [7, 11) is 0. The van der Waals surface area contributed by atoms with Crippen molar-refractivity contribution in [3.8, 4) is 0 Å². The third kappa shape index (κ3) is 3.69. The minimum absolute atomic E-state index is 0.101. The molecule has 1 saturated heterocycles. The van der Waals surface area contributed by atoms with Gasteiger partial charge in [0, 0.05) is 25.2 Å². The number of benzene rings is 1. The zero-order valence-electron chi connectivity index (χ0n) is 12.5. The van der Waals surface area contributed by atoms with Gasteiger partial charge in [-0.3, -0.25) is 4.90 Å². The molecule has 0 aliphatic carbocycles. The lowest BCUT2D eigenvalue weighted by molar-refractivity contribution is 0.0111. The second kappa shape index (κ2) is 5.97. The predicted octanol–water partition coefficient (Wildman–Crippen LogP) is 2.85. The van der Waals surface area contributed by atoms with Crippen LogP contribution in [0.3, 0.4) is 0 Å². The molecule has 1 amide bonds. The van der Waals surface area contributed by atoms with Gasteiger partial charge in [-0.2, -0.15) is 0 Å². The number of hydrogen-bond donors (Lipinski definition) is 1. The van der Waals surface area contributed by atoms with Crippen LogP contribution in [0.1, 0.15) is 32.4 Å². The Bertz CT molecular complexity index is 509. The average molecular weight is 298 g/mol. The molecule has 0 radical (unpaired) electrons. The van der Waals surface area contributed by atoms with Gasteiger partial charge in [-0.25, -0.2) is 13.6 Å². The van der Waals surface area contributed by atoms with Crippen LogP contribution in [0.2, 0.25) is 0 Å². The highest BCUT2D eigenvalue weighted by atomic mass is 19.1. The van der Waals surface area contributed by atoms with E-state index in [-0.39, 0.29) is 12.1 Å². The van der Waals surface area contributed by atoms with Crippen molar-refractivity contribution in [1.82, 2.24) is 10.2 Å². The van der Waals surface area contributed by atoms with E-state index in [0.29, 0.717) is 13.1 Å². The first-order chi connectivity index (χ1) is 9.79. The zero-order valence-corrected chi connectivity index (χ0v) is 12.5. The topological polar surface area (TPSA) is 41.6 Å². The van der Waals surface area contributed by atoms with Gasteiger partial charge < -0.3 is 10.1 Å². The Balaban J connectivity index is 2.29. The first-order valence-corrected chi connectivity index (χ1v) is 6.94. The van der Waals surface area contributed by atoms with Crippen molar-refractivity contribution in [2.45, 2.75) is 32.4 Å². The molecule has 1 N–H and O–H groups in total. The third-order valence-corrected chi connectivity index (χ3v) is 3.20. The van der Waals surface area contributed by atoms with Crippen LogP contribution in [-0.2, 0) is 4.74 Å².